The number of aromatic nitrogens is 1. The Balaban J connectivity index is 1.58. The molecule has 0 radical (unpaired) electrons. The van der Waals surface area contributed by atoms with E-state index < -0.39 is 12.0 Å². The highest BCUT2D eigenvalue weighted by molar-refractivity contribution is 5.85. The first-order valence-electron chi connectivity index (χ1n) is 10.3. The number of piperidine rings is 1. The molecular weight excluding hydrogens is 356 g/mol. The van der Waals surface area contributed by atoms with Gasteiger partial charge in [-0.25, -0.2) is 0 Å². The van der Waals surface area contributed by atoms with Crippen molar-refractivity contribution < 1.29 is 19.5 Å². The van der Waals surface area contributed by atoms with Crippen LogP contribution in [0, 0.1) is 17.8 Å². The van der Waals surface area contributed by atoms with Crippen LogP contribution in [0.2, 0.25) is 0 Å². The van der Waals surface area contributed by atoms with E-state index in [1.54, 1.807) is 7.11 Å². The zero-order valence-electron chi connectivity index (χ0n) is 16.5. The maximum Gasteiger partial charge on any atom is 0.311 e. The average molecular weight is 384 g/mol. The molecule has 2 aromatic rings. The number of carbonyl (C=O) groups is 1. The number of fused-ring (bicyclic) bond motifs is 6. The predicted molar refractivity (Wildman–Crippen MR) is 105 cm³/mol. The van der Waals surface area contributed by atoms with Gasteiger partial charge in [-0.2, -0.15) is 4.73 Å². The summed E-state index contributed by atoms with van der Waals surface area (Å²) >= 11 is 0. The number of aliphatic hydroxyl groups excluding tert-OH is 1. The second-order valence-corrected chi connectivity index (χ2v) is 8.47. The van der Waals surface area contributed by atoms with E-state index >= 15 is 0 Å². The summed E-state index contributed by atoms with van der Waals surface area (Å²) in [6.07, 6.45) is 2.93. The van der Waals surface area contributed by atoms with Gasteiger partial charge in [0, 0.05) is 18.5 Å². The number of carbonyl (C=O) groups excluding carboxylic acids is 1. The number of hydrogen-bond acceptors (Lipinski definition) is 5. The molecule has 1 aromatic heterocycles. The van der Waals surface area contributed by atoms with Gasteiger partial charge >= 0.3 is 5.97 Å². The number of rotatable bonds is 2. The van der Waals surface area contributed by atoms with E-state index in [4.69, 9.17) is 9.57 Å². The number of methoxy groups -OCH3 is 1. The van der Waals surface area contributed by atoms with Gasteiger partial charge in [0.25, 0.3) is 0 Å². The molecule has 0 spiro atoms. The molecule has 0 unspecified atom stereocenters. The van der Waals surface area contributed by atoms with Crippen LogP contribution in [0.3, 0.4) is 0 Å². The van der Waals surface area contributed by atoms with E-state index in [0.717, 1.165) is 37.9 Å². The molecule has 6 nitrogen and oxygen atoms in total. The molecule has 5 rings (SSSR count). The zero-order valence-corrected chi connectivity index (χ0v) is 16.5. The number of ether oxygens (including phenoxy) is 1. The van der Waals surface area contributed by atoms with Crippen molar-refractivity contribution >= 4 is 16.9 Å². The SMILES string of the molecule is COC(=O)[C@@H]1[C@H]2C[C@H]3c4c(c5ccccc5n4OC)CCN3C[C@@H]2CC[C@@H]1O. The Morgan fingerprint density at radius 3 is 2.82 bits per heavy atom. The van der Waals surface area contributed by atoms with E-state index in [0.29, 0.717) is 12.3 Å². The lowest BCUT2D eigenvalue weighted by Crippen LogP contribution is -2.53. The van der Waals surface area contributed by atoms with Crippen LogP contribution in [0.15, 0.2) is 24.3 Å². The molecule has 1 aromatic carbocycles. The quantitative estimate of drug-likeness (QED) is 0.804. The Hall–Kier alpha value is -2.05. The molecule has 0 bridgehead atoms. The summed E-state index contributed by atoms with van der Waals surface area (Å²) in [5.74, 6) is -0.104. The Labute approximate surface area is 165 Å². The monoisotopic (exact) mass is 384 g/mol. The average Bonchev–Trinajstić information content (AvgIpc) is 3.06. The van der Waals surface area contributed by atoms with E-state index in [2.05, 4.69) is 23.1 Å². The molecule has 0 amide bonds. The van der Waals surface area contributed by atoms with E-state index in [9.17, 15) is 9.90 Å². The maximum atomic E-state index is 12.5. The molecule has 6 heteroatoms. The molecule has 3 heterocycles. The number of hydrogen-bond donors (Lipinski definition) is 1. The van der Waals surface area contributed by atoms with Crippen LogP contribution in [0.1, 0.15) is 36.6 Å². The summed E-state index contributed by atoms with van der Waals surface area (Å²) in [4.78, 5) is 20.9. The summed E-state index contributed by atoms with van der Waals surface area (Å²) in [5, 5.41) is 11.8. The van der Waals surface area contributed by atoms with Gasteiger partial charge in [0.15, 0.2) is 0 Å². The number of para-hydroxylation sites is 1. The number of esters is 1. The smallest absolute Gasteiger partial charge is 0.311 e. The summed E-state index contributed by atoms with van der Waals surface area (Å²) in [7, 11) is 3.15. The van der Waals surface area contributed by atoms with Crippen LogP contribution in [0.25, 0.3) is 10.9 Å². The maximum absolute atomic E-state index is 12.5. The van der Waals surface area contributed by atoms with Crippen molar-refractivity contribution in [1.82, 2.24) is 9.63 Å². The van der Waals surface area contributed by atoms with Crippen molar-refractivity contribution in [1.29, 1.82) is 0 Å². The summed E-state index contributed by atoms with van der Waals surface area (Å²) in [5.41, 5.74) is 3.69. The lowest BCUT2D eigenvalue weighted by atomic mass is 9.65. The van der Waals surface area contributed by atoms with Crippen molar-refractivity contribution in [3.05, 3.63) is 35.5 Å². The highest BCUT2D eigenvalue weighted by atomic mass is 16.6. The minimum absolute atomic E-state index is 0.145. The van der Waals surface area contributed by atoms with Gasteiger partial charge in [-0.1, -0.05) is 18.2 Å². The molecule has 3 aliphatic rings. The molecule has 1 saturated carbocycles. The minimum Gasteiger partial charge on any atom is -0.469 e. The van der Waals surface area contributed by atoms with Gasteiger partial charge in [0.1, 0.15) is 7.11 Å². The summed E-state index contributed by atoms with van der Waals surface area (Å²) < 4.78 is 7.05. The number of benzene rings is 1. The van der Waals surface area contributed by atoms with Gasteiger partial charge in [0.2, 0.25) is 0 Å². The predicted octanol–water partition coefficient (Wildman–Crippen LogP) is 2.18. The third kappa shape index (κ3) is 2.51. The van der Waals surface area contributed by atoms with Crippen molar-refractivity contribution in [3.63, 3.8) is 0 Å². The van der Waals surface area contributed by atoms with Crippen molar-refractivity contribution in [3.8, 4) is 0 Å². The highest BCUT2D eigenvalue weighted by Gasteiger charge is 2.50. The summed E-state index contributed by atoms with van der Waals surface area (Å²) in [6, 6.07) is 8.61. The molecule has 5 atom stereocenters. The number of aliphatic hydroxyl groups is 1. The lowest BCUT2D eigenvalue weighted by Gasteiger charge is -2.51. The second-order valence-electron chi connectivity index (χ2n) is 8.47. The molecule has 1 aliphatic carbocycles. The van der Waals surface area contributed by atoms with Gasteiger partial charge in [-0.15, -0.1) is 0 Å². The number of nitrogens with zero attached hydrogens (tertiary/aromatic N) is 2. The van der Waals surface area contributed by atoms with E-state index in [1.807, 2.05) is 10.8 Å². The van der Waals surface area contributed by atoms with E-state index in [1.165, 1.54) is 23.8 Å². The molecule has 28 heavy (non-hydrogen) atoms. The van der Waals surface area contributed by atoms with Crippen molar-refractivity contribution in [2.75, 3.05) is 27.3 Å². The molecule has 1 N–H and O–H groups in total. The molecule has 2 aliphatic heterocycles. The van der Waals surface area contributed by atoms with Gasteiger partial charge in [-0.3, -0.25) is 9.69 Å². The normalized spacial score (nSPS) is 32.3. The van der Waals surface area contributed by atoms with Crippen LogP contribution in [-0.2, 0) is 16.0 Å². The Morgan fingerprint density at radius 1 is 1.21 bits per heavy atom. The van der Waals surface area contributed by atoms with Crippen LogP contribution < -0.4 is 4.84 Å². The third-order valence-electron chi connectivity index (χ3n) is 7.32. The fraction of sp³-hybridized carbons (Fsp3) is 0.591. The Bertz CT molecular complexity index is 874. The largest absolute Gasteiger partial charge is 0.469 e. The molecule has 1 saturated heterocycles. The van der Waals surface area contributed by atoms with Gasteiger partial charge in [-0.05, 0) is 49.1 Å². The Morgan fingerprint density at radius 2 is 2.04 bits per heavy atom. The topological polar surface area (TPSA) is 63.9 Å². The van der Waals surface area contributed by atoms with Crippen LogP contribution in [-0.4, -0.2) is 54.1 Å². The fourth-order valence-electron chi connectivity index (χ4n) is 6.11. The van der Waals surface area contributed by atoms with Crippen LogP contribution in [0.5, 0.6) is 0 Å². The first kappa shape index (κ1) is 18.0. The molecular formula is C22H28N2O4. The van der Waals surface area contributed by atoms with E-state index in [-0.39, 0.29) is 17.9 Å². The van der Waals surface area contributed by atoms with Gasteiger partial charge in [0.05, 0.1) is 36.4 Å². The lowest BCUT2D eigenvalue weighted by molar-refractivity contribution is -0.160. The van der Waals surface area contributed by atoms with Gasteiger partial charge < -0.3 is 14.7 Å². The molecule has 2 fully saturated rings. The van der Waals surface area contributed by atoms with Crippen molar-refractivity contribution in [2.24, 2.45) is 17.8 Å². The highest BCUT2D eigenvalue weighted by Crippen LogP contribution is 2.49. The van der Waals surface area contributed by atoms with Crippen molar-refractivity contribution in [2.45, 2.75) is 37.8 Å². The van der Waals surface area contributed by atoms with Crippen LogP contribution >= 0.6 is 0 Å². The second kappa shape index (κ2) is 6.78. The molecule has 150 valence electrons. The first-order chi connectivity index (χ1) is 13.6. The Kier molecular flexibility index (Phi) is 4.36. The van der Waals surface area contributed by atoms with Crippen LogP contribution in [0.4, 0.5) is 0 Å². The first-order valence-corrected chi connectivity index (χ1v) is 10.3. The standard InChI is InChI=1S/C22H28N2O4/c1-27-22(26)20-16-11-18-21-15(14-5-3-4-6-17(14)24(21)28-2)9-10-23(18)12-13(16)7-8-19(20)25/h3-6,13,16,18-20,25H,7-12H2,1-2H3/t13-,16-,18-,19-,20+/m0/s1. The summed E-state index contributed by atoms with van der Waals surface area (Å²) in [6.45, 7) is 2.00. The third-order valence-corrected chi connectivity index (χ3v) is 7.32. The minimum atomic E-state index is -0.600. The fourth-order valence-corrected chi connectivity index (χ4v) is 6.11. The zero-order chi connectivity index (χ0) is 19.4.